The minimum Gasteiger partial charge on any atom is -0.290 e. The molecule has 0 aliphatic heterocycles. The Morgan fingerprint density at radius 3 is 2.54 bits per heavy atom. The van der Waals surface area contributed by atoms with Gasteiger partial charge in [0.2, 0.25) is 0 Å². The number of hydrogen-bond donors (Lipinski definition) is 2. The molecule has 3 nitrogen and oxygen atoms in total. The van der Waals surface area contributed by atoms with Crippen LogP contribution >= 0.6 is 0 Å². The largest absolute Gasteiger partial charge is 0.290 e. The highest BCUT2D eigenvalue weighted by Crippen LogP contribution is 2.08. The van der Waals surface area contributed by atoms with Crippen LogP contribution in [-0.4, -0.2) is 5.91 Å². The molecule has 0 rings (SSSR count). The third-order valence-electron chi connectivity index (χ3n) is 1.90. The van der Waals surface area contributed by atoms with E-state index in [9.17, 15) is 4.79 Å². The van der Waals surface area contributed by atoms with E-state index in [0.29, 0.717) is 0 Å². The first-order valence-electron chi connectivity index (χ1n) is 4.96. The van der Waals surface area contributed by atoms with Gasteiger partial charge in [-0.2, -0.15) is 0 Å². The van der Waals surface area contributed by atoms with Crippen molar-refractivity contribution >= 4 is 5.91 Å². The zero-order valence-electron chi connectivity index (χ0n) is 8.60. The normalized spacial score (nSPS) is 11.5. The third-order valence-corrected chi connectivity index (χ3v) is 1.90. The van der Waals surface area contributed by atoms with Crippen molar-refractivity contribution in [2.45, 2.75) is 46.0 Å². The maximum Gasteiger partial charge on any atom is 0.260 e. The molecule has 0 atom stereocenters. The van der Waals surface area contributed by atoms with Gasteiger partial charge in [0.1, 0.15) is 0 Å². The van der Waals surface area contributed by atoms with E-state index >= 15 is 0 Å². The molecule has 3 N–H and O–H groups in total. The molecule has 0 fully saturated rings. The van der Waals surface area contributed by atoms with Crippen molar-refractivity contribution < 1.29 is 4.79 Å². The third kappa shape index (κ3) is 5.42. The Morgan fingerprint density at radius 2 is 2.08 bits per heavy atom. The van der Waals surface area contributed by atoms with Crippen LogP contribution in [0.25, 0.3) is 0 Å². The number of nitrogens with two attached hydrogens (primary N) is 1. The molecule has 0 aromatic heterocycles. The highest BCUT2D eigenvalue weighted by atomic mass is 16.2. The van der Waals surface area contributed by atoms with Crippen molar-refractivity contribution in [3.8, 4) is 0 Å². The summed E-state index contributed by atoms with van der Waals surface area (Å²) in [7, 11) is 0. The fourth-order valence-corrected chi connectivity index (χ4v) is 1.09. The van der Waals surface area contributed by atoms with Gasteiger partial charge in [0.05, 0.1) is 0 Å². The van der Waals surface area contributed by atoms with Crippen LogP contribution < -0.4 is 11.3 Å². The fourth-order valence-electron chi connectivity index (χ4n) is 1.09. The molecular weight excluding hydrogens is 164 g/mol. The van der Waals surface area contributed by atoms with Crippen molar-refractivity contribution in [3.63, 3.8) is 0 Å². The second kappa shape index (κ2) is 7.80. The quantitative estimate of drug-likeness (QED) is 0.287. The maximum atomic E-state index is 11.2. The van der Waals surface area contributed by atoms with E-state index in [1.165, 1.54) is 0 Å². The monoisotopic (exact) mass is 184 g/mol. The number of carbonyl (C=O) groups is 1. The fraction of sp³-hybridized carbons (Fsp3) is 0.700. The molecule has 13 heavy (non-hydrogen) atoms. The number of carbonyl (C=O) groups excluding carboxylic acids is 1. The Hall–Kier alpha value is -0.830. The Morgan fingerprint density at radius 1 is 1.38 bits per heavy atom. The zero-order chi connectivity index (χ0) is 10.1. The standard InChI is InChI=1S/C10H20N2O/c1-3-5-7-9(8-6-4-2)10(13)12-11/h7H,3-6,8,11H2,1-2H3,(H,12,13)/b9-7+. The Balaban J connectivity index is 4.09. The lowest BCUT2D eigenvalue weighted by molar-refractivity contribution is -0.117. The van der Waals surface area contributed by atoms with Gasteiger partial charge in [-0.15, -0.1) is 0 Å². The summed E-state index contributed by atoms with van der Waals surface area (Å²) in [6.45, 7) is 4.20. The molecule has 0 spiro atoms. The summed E-state index contributed by atoms with van der Waals surface area (Å²) < 4.78 is 0. The minimum absolute atomic E-state index is 0.137. The molecule has 0 radical (unpaired) electrons. The van der Waals surface area contributed by atoms with Crippen LogP contribution in [0.5, 0.6) is 0 Å². The smallest absolute Gasteiger partial charge is 0.260 e. The predicted molar refractivity (Wildman–Crippen MR) is 54.8 cm³/mol. The van der Waals surface area contributed by atoms with Gasteiger partial charge in [-0.25, -0.2) is 5.84 Å². The second-order valence-electron chi connectivity index (χ2n) is 3.10. The van der Waals surface area contributed by atoms with E-state index < -0.39 is 0 Å². The molecule has 0 aliphatic rings. The summed E-state index contributed by atoms with van der Waals surface area (Å²) in [5.74, 6) is 4.94. The Kier molecular flexibility index (Phi) is 7.30. The average Bonchev–Trinajstić information content (AvgIpc) is 2.17. The Bertz CT molecular complexity index is 176. The van der Waals surface area contributed by atoms with Crippen molar-refractivity contribution in [2.24, 2.45) is 5.84 Å². The van der Waals surface area contributed by atoms with Gasteiger partial charge in [0.25, 0.3) is 5.91 Å². The number of nitrogens with one attached hydrogen (secondary N) is 1. The van der Waals surface area contributed by atoms with Crippen LogP contribution in [0.15, 0.2) is 11.6 Å². The molecular formula is C10H20N2O. The summed E-state index contributed by atoms with van der Waals surface area (Å²) in [6, 6.07) is 0. The lowest BCUT2D eigenvalue weighted by Gasteiger charge is -2.04. The molecule has 0 unspecified atom stereocenters. The second-order valence-corrected chi connectivity index (χ2v) is 3.10. The lowest BCUT2D eigenvalue weighted by atomic mass is 10.1. The van der Waals surface area contributed by atoms with Gasteiger partial charge >= 0.3 is 0 Å². The van der Waals surface area contributed by atoms with E-state index in [0.717, 1.165) is 37.7 Å². The van der Waals surface area contributed by atoms with Crippen molar-refractivity contribution in [2.75, 3.05) is 0 Å². The van der Waals surface area contributed by atoms with Crippen LogP contribution in [0.3, 0.4) is 0 Å². The summed E-state index contributed by atoms with van der Waals surface area (Å²) in [5, 5.41) is 0. The minimum atomic E-state index is -0.137. The van der Waals surface area contributed by atoms with E-state index in [1.807, 2.05) is 6.08 Å². The van der Waals surface area contributed by atoms with Gasteiger partial charge < -0.3 is 0 Å². The first kappa shape index (κ1) is 12.2. The van der Waals surface area contributed by atoms with Crippen LogP contribution in [0.2, 0.25) is 0 Å². The highest BCUT2D eigenvalue weighted by molar-refractivity contribution is 5.92. The van der Waals surface area contributed by atoms with E-state index in [1.54, 1.807) is 0 Å². The number of rotatable bonds is 6. The number of hydrazine groups is 1. The molecule has 0 aliphatic carbocycles. The van der Waals surface area contributed by atoms with Crippen LogP contribution in [0, 0.1) is 0 Å². The molecule has 0 aromatic rings. The van der Waals surface area contributed by atoms with E-state index in [-0.39, 0.29) is 5.91 Å². The van der Waals surface area contributed by atoms with Crippen LogP contribution in [-0.2, 0) is 4.79 Å². The summed E-state index contributed by atoms with van der Waals surface area (Å²) in [5.41, 5.74) is 3.00. The van der Waals surface area contributed by atoms with Gasteiger partial charge in [0.15, 0.2) is 0 Å². The maximum absolute atomic E-state index is 11.2. The summed E-state index contributed by atoms with van der Waals surface area (Å²) >= 11 is 0. The van der Waals surface area contributed by atoms with Crippen molar-refractivity contribution in [1.29, 1.82) is 0 Å². The Labute approximate surface area is 80.4 Å². The highest BCUT2D eigenvalue weighted by Gasteiger charge is 2.05. The lowest BCUT2D eigenvalue weighted by Crippen LogP contribution is -2.31. The van der Waals surface area contributed by atoms with E-state index in [2.05, 4.69) is 19.3 Å². The molecule has 0 heterocycles. The number of amides is 1. The molecule has 1 amide bonds. The molecule has 0 aromatic carbocycles. The molecule has 0 saturated heterocycles. The van der Waals surface area contributed by atoms with Crippen molar-refractivity contribution in [1.82, 2.24) is 5.43 Å². The molecule has 0 bridgehead atoms. The molecule has 3 heteroatoms. The number of unbranched alkanes of at least 4 members (excludes halogenated alkanes) is 2. The van der Waals surface area contributed by atoms with Crippen LogP contribution in [0.1, 0.15) is 46.0 Å². The SMILES string of the molecule is CCC/C=C(\CCCC)C(=O)NN. The first-order valence-corrected chi connectivity index (χ1v) is 4.96. The first-order chi connectivity index (χ1) is 6.26. The van der Waals surface area contributed by atoms with Gasteiger partial charge in [-0.3, -0.25) is 10.2 Å². The molecule has 0 saturated carbocycles. The average molecular weight is 184 g/mol. The van der Waals surface area contributed by atoms with E-state index in [4.69, 9.17) is 5.84 Å². The topological polar surface area (TPSA) is 55.1 Å². The number of hydrogen-bond acceptors (Lipinski definition) is 2. The molecule has 76 valence electrons. The van der Waals surface area contributed by atoms with Crippen molar-refractivity contribution in [3.05, 3.63) is 11.6 Å². The summed E-state index contributed by atoms with van der Waals surface area (Å²) in [6.07, 6.45) is 6.97. The van der Waals surface area contributed by atoms with Gasteiger partial charge in [-0.05, 0) is 19.3 Å². The number of allylic oxidation sites excluding steroid dienone is 1. The van der Waals surface area contributed by atoms with Gasteiger partial charge in [-0.1, -0.05) is 32.8 Å². The zero-order valence-corrected chi connectivity index (χ0v) is 8.60. The predicted octanol–water partition coefficient (Wildman–Crippen LogP) is 1.89. The van der Waals surface area contributed by atoms with Gasteiger partial charge in [0, 0.05) is 5.57 Å². The summed E-state index contributed by atoms with van der Waals surface area (Å²) in [4.78, 5) is 11.2. The van der Waals surface area contributed by atoms with Crippen LogP contribution in [0.4, 0.5) is 0 Å².